The van der Waals surface area contributed by atoms with Gasteiger partial charge < -0.3 is 9.72 Å². The molecule has 0 aliphatic rings. The summed E-state index contributed by atoms with van der Waals surface area (Å²) in [5.74, 6) is 0.560. The van der Waals surface area contributed by atoms with Gasteiger partial charge in [-0.3, -0.25) is 4.79 Å². The molecule has 2 aromatic rings. The van der Waals surface area contributed by atoms with E-state index in [1.165, 1.54) is 0 Å². The first-order valence-electron chi connectivity index (χ1n) is 3.99. The predicted molar refractivity (Wildman–Crippen MR) is 49.7 cm³/mol. The van der Waals surface area contributed by atoms with Gasteiger partial charge >= 0.3 is 0 Å². The molecule has 0 aliphatic carbocycles. The fourth-order valence-corrected chi connectivity index (χ4v) is 1.38. The molecule has 0 aliphatic heterocycles. The number of aryl methyl sites for hydroxylation is 1. The number of fused-ring (bicyclic) bond motifs is 1. The number of hydrogen-bond acceptors (Lipinski definition) is 2. The SMILES string of the molecule is Cc1cc2ccc(OC=O)cc2[nH]1. The van der Waals surface area contributed by atoms with Crippen molar-refractivity contribution in [3.63, 3.8) is 0 Å². The number of ether oxygens (including phenoxy) is 1. The van der Waals surface area contributed by atoms with Crippen LogP contribution in [0.25, 0.3) is 10.9 Å². The average molecular weight is 175 g/mol. The standard InChI is InChI=1S/C10H9NO2/c1-7-4-8-2-3-9(13-6-12)5-10(8)11-7/h2-6,11H,1H3. The molecular formula is C10H9NO2. The summed E-state index contributed by atoms with van der Waals surface area (Å²) >= 11 is 0. The first-order chi connectivity index (χ1) is 6.29. The van der Waals surface area contributed by atoms with Crippen LogP contribution in [0.1, 0.15) is 5.69 Å². The van der Waals surface area contributed by atoms with Gasteiger partial charge in [0.05, 0.1) is 0 Å². The van der Waals surface area contributed by atoms with Crippen LogP contribution in [0.2, 0.25) is 0 Å². The highest BCUT2D eigenvalue weighted by molar-refractivity contribution is 5.82. The van der Waals surface area contributed by atoms with Crippen molar-refractivity contribution in [1.29, 1.82) is 0 Å². The monoisotopic (exact) mass is 175 g/mol. The van der Waals surface area contributed by atoms with E-state index in [2.05, 4.69) is 4.98 Å². The minimum absolute atomic E-state index is 0.428. The molecule has 1 aromatic carbocycles. The molecule has 13 heavy (non-hydrogen) atoms. The van der Waals surface area contributed by atoms with Crippen molar-refractivity contribution in [3.05, 3.63) is 30.0 Å². The van der Waals surface area contributed by atoms with Crippen molar-refractivity contribution in [3.8, 4) is 5.75 Å². The molecule has 1 N–H and O–H groups in total. The summed E-state index contributed by atoms with van der Waals surface area (Å²) < 4.78 is 4.72. The molecule has 3 nitrogen and oxygen atoms in total. The van der Waals surface area contributed by atoms with E-state index in [0.717, 1.165) is 16.6 Å². The van der Waals surface area contributed by atoms with Gasteiger partial charge in [0.15, 0.2) is 0 Å². The normalized spacial score (nSPS) is 10.2. The molecule has 0 radical (unpaired) electrons. The van der Waals surface area contributed by atoms with E-state index < -0.39 is 0 Å². The second-order valence-electron chi connectivity index (χ2n) is 2.92. The second kappa shape index (κ2) is 2.94. The Morgan fingerprint density at radius 2 is 2.23 bits per heavy atom. The van der Waals surface area contributed by atoms with Crippen LogP contribution in [0.5, 0.6) is 5.75 Å². The Balaban J connectivity index is 2.54. The van der Waals surface area contributed by atoms with Gasteiger partial charge in [0.2, 0.25) is 0 Å². The Morgan fingerprint density at radius 3 is 3.00 bits per heavy atom. The van der Waals surface area contributed by atoms with E-state index in [9.17, 15) is 4.79 Å². The number of aromatic amines is 1. The van der Waals surface area contributed by atoms with Gasteiger partial charge in [-0.2, -0.15) is 0 Å². The average Bonchev–Trinajstić information content (AvgIpc) is 2.44. The quantitative estimate of drug-likeness (QED) is 0.709. The summed E-state index contributed by atoms with van der Waals surface area (Å²) in [6, 6.07) is 7.53. The topological polar surface area (TPSA) is 42.1 Å². The van der Waals surface area contributed by atoms with E-state index in [4.69, 9.17) is 4.74 Å². The van der Waals surface area contributed by atoms with Crippen molar-refractivity contribution in [1.82, 2.24) is 4.98 Å². The number of carbonyl (C=O) groups excluding carboxylic acids is 1. The summed E-state index contributed by atoms with van der Waals surface area (Å²) in [5, 5.41) is 1.12. The van der Waals surface area contributed by atoms with E-state index in [-0.39, 0.29) is 0 Å². The van der Waals surface area contributed by atoms with Crippen molar-refractivity contribution < 1.29 is 9.53 Å². The molecule has 3 heteroatoms. The first kappa shape index (κ1) is 7.86. The molecule has 0 atom stereocenters. The van der Waals surface area contributed by atoms with Crippen LogP contribution in [0, 0.1) is 6.92 Å². The third kappa shape index (κ3) is 1.40. The van der Waals surface area contributed by atoms with Crippen LogP contribution in [-0.2, 0) is 4.79 Å². The molecule has 2 rings (SSSR count). The van der Waals surface area contributed by atoms with Crippen LogP contribution in [0.4, 0.5) is 0 Å². The maximum atomic E-state index is 10.1. The third-order valence-corrected chi connectivity index (χ3v) is 1.91. The summed E-state index contributed by atoms with van der Waals surface area (Å²) in [4.78, 5) is 13.2. The lowest BCUT2D eigenvalue weighted by Gasteiger charge is -1.96. The largest absolute Gasteiger partial charge is 0.429 e. The smallest absolute Gasteiger partial charge is 0.298 e. The molecule has 0 saturated carbocycles. The lowest BCUT2D eigenvalue weighted by molar-refractivity contribution is -0.120. The Morgan fingerprint density at radius 1 is 1.38 bits per heavy atom. The zero-order valence-corrected chi connectivity index (χ0v) is 7.20. The van der Waals surface area contributed by atoms with Crippen molar-refractivity contribution >= 4 is 17.4 Å². The molecule has 66 valence electrons. The minimum Gasteiger partial charge on any atom is -0.429 e. The van der Waals surface area contributed by atoms with Crippen molar-refractivity contribution in [2.45, 2.75) is 6.92 Å². The van der Waals surface area contributed by atoms with Crippen LogP contribution in [0.3, 0.4) is 0 Å². The Kier molecular flexibility index (Phi) is 1.77. The molecule has 0 amide bonds. The number of benzene rings is 1. The summed E-state index contributed by atoms with van der Waals surface area (Å²) in [7, 11) is 0. The minimum atomic E-state index is 0.428. The number of carbonyl (C=O) groups is 1. The fraction of sp³-hybridized carbons (Fsp3) is 0.100. The highest BCUT2D eigenvalue weighted by Gasteiger charge is 1.99. The first-order valence-corrected chi connectivity index (χ1v) is 3.99. The van der Waals surface area contributed by atoms with Gasteiger partial charge in [-0.15, -0.1) is 0 Å². The number of nitrogens with one attached hydrogen (secondary N) is 1. The Hall–Kier alpha value is -1.77. The van der Waals surface area contributed by atoms with Crippen molar-refractivity contribution in [2.75, 3.05) is 0 Å². The van der Waals surface area contributed by atoms with E-state index in [1.54, 1.807) is 12.1 Å². The van der Waals surface area contributed by atoms with E-state index >= 15 is 0 Å². The van der Waals surface area contributed by atoms with Gasteiger partial charge in [-0.25, -0.2) is 0 Å². The molecule has 0 fully saturated rings. The lowest BCUT2D eigenvalue weighted by Crippen LogP contribution is -1.87. The van der Waals surface area contributed by atoms with Gasteiger partial charge in [-0.1, -0.05) is 0 Å². The summed E-state index contributed by atoms with van der Waals surface area (Å²) in [6.45, 7) is 2.41. The van der Waals surface area contributed by atoms with Gasteiger partial charge in [0, 0.05) is 17.3 Å². The van der Waals surface area contributed by atoms with Gasteiger partial charge in [0.1, 0.15) is 5.75 Å². The summed E-state index contributed by atoms with van der Waals surface area (Å²) in [6.07, 6.45) is 0. The molecule has 1 heterocycles. The zero-order chi connectivity index (χ0) is 9.26. The van der Waals surface area contributed by atoms with Crippen LogP contribution in [-0.4, -0.2) is 11.5 Å². The van der Waals surface area contributed by atoms with Gasteiger partial charge in [0.25, 0.3) is 6.47 Å². The molecule has 0 spiro atoms. The van der Waals surface area contributed by atoms with Crippen LogP contribution < -0.4 is 4.74 Å². The zero-order valence-electron chi connectivity index (χ0n) is 7.20. The molecule has 1 aromatic heterocycles. The highest BCUT2D eigenvalue weighted by atomic mass is 16.5. The van der Waals surface area contributed by atoms with Crippen LogP contribution in [0.15, 0.2) is 24.3 Å². The third-order valence-electron chi connectivity index (χ3n) is 1.91. The molecular weight excluding hydrogens is 166 g/mol. The maximum absolute atomic E-state index is 10.1. The number of rotatable bonds is 2. The second-order valence-corrected chi connectivity index (χ2v) is 2.92. The lowest BCUT2D eigenvalue weighted by atomic mass is 10.2. The Bertz CT molecular complexity index is 445. The number of hydrogen-bond donors (Lipinski definition) is 1. The molecule has 0 bridgehead atoms. The number of aromatic nitrogens is 1. The van der Waals surface area contributed by atoms with E-state index in [1.807, 2.05) is 19.1 Å². The van der Waals surface area contributed by atoms with Crippen molar-refractivity contribution in [2.24, 2.45) is 0 Å². The van der Waals surface area contributed by atoms with E-state index in [0.29, 0.717) is 12.2 Å². The Labute approximate surface area is 75.3 Å². The number of H-pyrrole nitrogens is 1. The fourth-order valence-electron chi connectivity index (χ4n) is 1.38. The maximum Gasteiger partial charge on any atom is 0.298 e. The summed E-state index contributed by atoms with van der Waals surface area (Å²) in [5.41, 5.74) is 2.08. The van der Waals surface area contributed by atoms with Crippen LogP contribution >= 0.6 is 0 Å². The molecule has 0 unspecified atom stereocenters. The highest BCUT2D eigenvalue weighted by Crippen LogP contribution is 2.20. The molecule has 0 saturated heterocycles. The predicted octanol–water partition coefficient (Wildman–Crippen LogP) is 2.01. The van der Waals surface area contributed by atoms with Gasteiger partial charge in [-0.05, 0) is 30.5 Å².